The first-order valence-corrected chi connectivity index (χ1v) is 5.34. The summed E-state index contributed by atoms with van der Waals surface area (Å²) in [5, 5.41) is -0.129. The quantitative estimate of drug-likeness (QED) is 0.716. The highest BCUT2D eigenvalue weighted by Gasteiger charge is 2.19. The Balaban J connectivity index is 3.10. The van der Waals surface area contributed by atoms with Crippen LogP contribution in [-0.2, 0) is 4.57 Å². The molecule has 1 aromatic rings. The molecule has 0 aliphatic heterocycles. The average Bonchev–Trinajstić information content (AvgIpc) is 2.01. The van der Waals surface area contributed by atoms with Crippen molar-refractivity contribution in [2.24, 2.45) is 0 Å². The lowest BCUT2D eigenvalue weighted by atomic mass is 10.1. The zero-order valence-corrected chi connectivity index (χ0v) is 8.16. The number of benzene rings is 1. The molecule has 0 bridgehead atoms. The second kappa shape index (κ2) is 3.46. The first kappa shape index (κ1) is 10.2. The fourth-order valence-corrected chi connectivity index (χ4v) is 1.47. The van der Waals surface area contributed by atoms with Crippen LogP contribution in [0.4, 0.5) is 0 Å². The molecule has 0 heterocycles. The first-order valence-electron chi connectivity index (χ1n) is 3.73. The lowest BCUT2D eigenvalue weighted by Gasteiger charge is -2.07. The van der Waals surface area contributed by atoms with Crippen LogP contribution in [0.25, 0.3) is 5.31 Å². The van der Waals surface area contributed by atoms with Crippen LogP contribution in [0.2, 0.25) is 0 Å². The predicted octanol–water partition coefficient (Wildman–Crippen LogP) is 2.14. The van der Waals surface area contributed by atoms with E-state index in [1.165, 1.54) is 0 Å². The Hall–Kier alpha value is -0.890. The van der Waals surface area contributed by atoms with E-state index in [0.29, 0.717) is 5.56 Å². The Bertz CT molecular complexity index is 378. The molecule has 4 heteroatoms. The van der Waals surface area contributed by atoms with Gasteiger partial charge in [0.2, 0.25) is 0 Å². The number of rotatable bonds is 2. The normalized spacial score (nSPS) is 11.3. The molecule has 0 aromatic heterocycles. The highest BCUT2D eigenvalue weighted by molar-refractivity contribution is 7.63. The first-order chi connectivity index (χ1) is 5.91. The van der Waals surface area contributed by atoms with Crippen LogP contribution >= 0.6 is 7.60 Å². The van der Waals surface area contributed by atoms with Gasteiger partial charge in [0.1, 0.15) is 0 Å². The van der Waals surface area contributed by atoms with Gasteiger partial charge in [-0.05, 0) is 12.5 Å². The van der Waals surface area contributed by atoms with Crippen molar-refractivity contribution in [3.63, 3.8) is 0 Å². The summed E-state index contributed by atoms with van der Waals surface area (Å²) in [7, 11) is -4.19. The highest BCUT2D eigenvalue weighted by Crippen LogP contribution is 2.49. The van der Waals surface area contributed by atoms with Crippen molar-refractivity contribution in [3.8, 4) is 0 Å². The van der Waals surface area contributed by atoms with E-state index < -0.39 is 7.60 Å². The molecule has 0 spiro atoms. The molecule has 70 valence electrons. The molecule has 3 nitrogen and oxygen atoms in total. The minimum absolute atomic E-state index is 0.129. The molecule has 2 N–H and O–H groups in total. The van der Waals surface area contributed by atoms with Gasteiger partial charge in [-0.25, -0.2) is 0 Å². The maximum Gasteiger partial charge on any atom is 0.356 e. The van der Waals surface area contributed by atoms with Crippen LogP contribution in [0.15, 0.2) is 30.8 Å². The van der Waals surface area contributed by atoms with Crippen molar-refractivity contribution < 1.29 is 14.4 Å². The number of aryl methyl sites for hydroxylation is 1. The van der Waals surface area contributed by atoms with Crippen LogP contribution in [0, 0.1) is 6.92 Å². The van der Waals surface area contributed by atoms with Gasteiger partial charge in [0, 0.05) is 0 Å². The van der Waals surface area contributed by atoms with E-state index >= 15 is 0 Å². The zero-order valence-electron chi connectivity index (χ0n) is 7.27. The SMILES string of the molecule is C=C(c1cccc(C)c1)P(=O)(O)O. The van der Waals surface area contributed by atoms with Gasteiger partial charge >= 0.3 is 7.60 Å². The molecular formula is C9H11O3P. The van der Waals surface area contributed by atoms with Crippen LogP contribution in [0.3, 0.4) is 0 Å². The van der Waals surface area contributed by atoms with E-state index in [-0.39, 0.29) is 5.31 Å². The fourth-order valence-electron chi connectivity index (χ4n) is 0.993. The average molecular weight is 198 g/mol. The highest BCUT2D eigenvalue weighted by atomic mass is 31.2. The molecule has 1 aromatic carbocycles. The smallest absolute Gasteiger partial charge is 0.321 e. The van der Waals surface area contributed by atoms with Gasteiger partial charge in [0.25, 0.3) is 0 Å². The van der Waals surface area contributed by atoms with Crippen molar-refractivity contribution in [2.45, 2.75) is 6.92 Å². The summed E-state index contributed by atoms with van der Waals surface area (Å²) in [6.07, 6.45) is 0. The largest absolute Gasteiger partial charge is 0.356 e. The zero-order chi connectivity index (χ0) is 10.1. The van der Waals surface area contributed by atoms with Crippen molar-refractivity contribution >= 4 is 12.9 Å². The molecule has 0 aliphatic carbocycles. The standard InChI is InChI=1S/C9H11O3P/c1-7-4-3-5-9(6-7)8(2)13(10,11)12/h3-6H,2H2,1H3,(H2,10,11,12). The molecule has 0 aliphatic rings. The van der Waals surface area contributed by atoms with Crippen LogP contribution < -0.4 is 0 Å². The molecule has 0 atom stereocenters. The van der Waals surface area contributed by atoms with Gasteiger partial charge in [-0.2, -0.15) is 0 Å². The third-order valence-corrected chi connectivity index (χ3v) is 2.66. The third-order valence-electron chi connectivity index (χ3n) is 1.70. The van der Waals surface area contributed by atoms with Gasteiger partial charge in [-0.3, -0.25) is 4.57 Å². The molecular weight excluding hydrogens is 187 g/mol. The van der Waals surface area contributed by atoms with E-state index in [1.807, 2.05) is 13.0 Å². The maximum absolute atomic E-state index is 10.8. The third kappa shape index (κ3) is 2.52. The topological polar surface area (TPSA) is 57.5 Å². The van der Waals surface area contributed by atoms with Gasteiger partial charge in [0.05, 0.1) is 5.31 Å². The summed E-state index contributed by atoms with van der Waals surface area (Å²) >= 11 is 0. The lowest BCUT2D eigenvalue weighted by Crippen LogP contribution is -1.85. The van der Waals surface area contributed by atoms with Crippen molar-refractivity contribution in [1.29, 1.82) is 0 Å². The summed E-state index contributed by atoms with van der Waals surface area (Å²) in [4.78, 5) is 17.7. The molecule has 0 saturated carbocycles. The van der Waals surface area contributed by atoms with Crippen LogP contribution in [0.1, 0.15) is 11.1 Å². The monoisotopic (exact) mass is 198 g/mol. The van der Waals surface area contributed by atoms with E-state index in [1.54, 1.807) is 18.2 Å². The molecule has 0 radical (unpaired) electrons. The van der Waals surface area contributed by atoms with E-state index in [2.05, 4.69) is 6.58 Å². The summed E-state index contributed by atoms with van der Waals surface area (Å²) < 4.78 is 10.8. The number of hydrogen-bond acceptors (Lipinski definition) is 1. The van der Waals surface area contributed by atoms with E-state index in [9.17, 15) is 4.57 Å². The maximum atomic E-state index is 10.8. The van der Waals surface area contributed by atoms with Crippen LogP contribution in [-0.4, -0.2) is 9.79 Å². The van der Waals surface area contributed by atoms with Gasteiger partial charge in [-0.15, -0.1) is 0 Å². The Morgan fingerprint density at radius 1 is 1.46 bits per heavy atom. The van der Waals surface area contributed by atoms with E-state index in [4.69, 9.17) is 9.79 Å². The Morgan fingerprint density at radius 2 is 2.08 bits per heavy atom. The fraction of sp³-hybridized carbons (Fsp3) is 0.111. The van der Waals surface area contributed by atoms with Crippen molar-refractivity contribution in [2.75, 3.05) is 0 Å². The van der Waals surface area contributed by atoms with Crippen molar-refractivity contribution in [3.05, 3.63) is 42.0 Å². The molecule has 0 amide bonds. The molecule has 0 unspecified atom stereocenters. The van der Waals surface area contributed by atoms with Crippen LogP contribution in [0.5, 0.6) is 0 Å². The lowest BCUT2D eigenvalue weighted by molar-refractivity contribution is 0.388. The second-order valence-electron chi connectivity index (χ2n) is 2.86. The second-order valence-corrected chi connectivity index (χ2v) is 4.49. The molecule has 0 saturated heterocycles. The van der Waals surface area contributed by atoms with E-state index in [0.717, 1.165) is 5.56 Å². The minimum Gasteiger partial charge on any atom is -0.321 e. The Labute approximate surface area is 76.9 Å². The molecule has 0 fully saturated rings. The van der Waals surface area contributed by atoms with Gasteiger partial charge in [-0.1, -0.05) is 36.4 Å². The summed E-state index contributed by atoms with van der Waals surface area (Å²) in [5.41, 5.74) is 1.44. The van der Waals surface area contributed by atoms with Crippen molar-refractivity contribution in [1.82, 2.24) is 0 Å². The Kier molecular flexibility index (Phi) is 2.71. The summed E-state index contributed by atoms with van der Waals surface area (Å²) in [5.74, 6) is 0. The predicted molar refractivity (Wildman–Crippen MR) is 52.3 cm³/mol. The minimum atomic E-state index is -4.19. The summed E-state index contributed by atoms with van der Waals surface area (Å²) in [6, 6.07) is 6.93. The molecule has 1 rings (SSSR count). The molecule has 13 heavy (non-hydrogen) atoms. The van der Waals surface area contributed by atoms with Gasteiger partial charge in [0.15, 0.2) is 0 Å². The number of hydrogen-bond donors (Lipinski definition) is 2. The van der Waals surface area contributed by atoms with Gasteiger partial charge < -0.3 is 9.79 Å². The Morgan fingerprint density at radius 3 is 2.54 bits per heavy atom. The summed E-state index contributed by atoms with van der Waals surface area (Å²) in [6.45, 7) is 5.23.